The molecular weight excluding hydrogens is 372 g/mol. The molecule has 1 aliphatic carbocycles. The van der Waals surface area contributed by atoms with Gasteiger partial charge in [-0.15, -0.1) is 0 Å². The molecule has 4 rings (SSSR count). The first-order chi connectivity index (χ1) is 13.0. The summed E-state index contributed by atoms with van der Waals surface area (Å²) in [5.74, 6) is -2.38. The summed E-state index contributed by atoms with van der Waals surface area (Å²) in [7, 11) is 0. The molecular formula is C19H15F2N3O2S. The first-order valence-corrected chi connectivity index (χ1v) is 9.41. The molecule has 1 aliphatic rings. The van der Waals surface area contributed by atoms with Gasteiger partial charge in [-0.05, 0) is 37.1 Å². The fraction of sp³-hybridized carbons (Fsp3) is 0.211. The number of benzene rings is 2. The van der Waals surface area contributed by atoms with E-state index in [4.69, 9.17) is 0 Å². The second-order valence-corrected chi connectivity index (χ2v) is 7.19. The van der Waals surface area contributed by atoms with Gasteiger partial charge in [0.25, 0.3) is 5.56 Å². The van der Waals surface area contributed by atoms with Crippen molar-refractivity contribution >= 4 is 34.3 Å². The summed E-state index contributed by atoms with van der Waals surface area (Å²) in [5, 5.41) is 3.21. The zero-order valence-electron chi connectivity index (χ0n) is 14.1. The summed E-state index contributed by atoms with van der Waals surface area (Å²) in [5.41, 5.74) is -0.0530. The van der Waals surface area contributed by atoms with Gasteiger partial charge in [0.05, 0.1) is 16.7 Å². The van der Waals surface area contributed by atoms with Gasteiger partial charge in [0, 0.05) is 6.04 Å². The topological polar surface area (TPSA) is 64.0 Å². The van der Waals surface area contributed by atoms with E-state index in [1.165, 1.54) is 6.07 Å². The maximum Gasteiger partial charge on any atom is 0.262 e. The van der Waals surface area contributed by atoms with Crippen molar-refractivity contribution in [1.29, 1.82) is 0 Å². The minimum atomic E-state index is -0.841. The molecule has 1 saturated carbocycles. The van der Waals surface area contributed by atoms with E-state index in [1.54, 1.807) is 28.8 Å². The molecule has 1 N–H and O–H groups in total. The van der Waals surface area contributed by atoms with Gasteiger partial charge in [-0.3, -0.25) is 14.2 Å². The summed E-state index contributed by atoms with van der Waals surface area (Å²) >= 11 is 1.08. The Labute approximate surface area is 157 Å². The maximum absolute atomic E-state index is 13.7. The Balaban J connectivity index is 1.58. The number of anilines is 1. The van der Waals surface area contributed by atoms with Crippen LogP contribution in [0.15, 0.2) is 52.4 Å². The number of hydrogen-bond acceptors (Lipinski definition) is 4. The summed E-state index contributed by atoms with van der Waals surface area (Å²) < 4.78 is 28.9. The van der Waals surface area contributed by atoms with Crippen LogP contribution in [0.4, 0.5) is 14.5 Å². The van der Waals surface area contributed by atoms with E-state index in [1.807, 2.05) is 0 Å². The van der Waals surface area contributed by atoms with E-state index in [-0.39, 0.29) is 17.4 Å². The van der Waals surface area contributed by atoms with E-state index >= 15 is 0 Å². The number of nitrogens with zero attached hydrogens (tertiary/aromatic N) is 2. The molecule has 1 aromatic heterocycles. The predicted molar refractivity (Wildman–Crippen MR) is 100.0 cm³/mol. The van der Waals surface area contributed by atoms with Crippen molar-refractivity contribution in [3.8, 4) is 0 Å². The molecule has 138 valence electrons. The van der Waals surface area contributed by atoms with Crippen LogP contribution in [-0.4, -0.2) is 21.2 Å². The Bertz CT molecular complexity index is 1080. The number of aromatic nitrogens is 2. The lowest BCUT2D eigenvalue weighted by Crippen LogP contribution is -2.23. The zero-order chi connectivity index (χ0) is 19.0. The van der Waals surface area contributed by atoms with Crippen molar-refractivity contribution in [3.05, 3.63) is 64.5 Å². The fourth-order valence-electron chi connectivity index (χ4n) is 2.80. The second kappa shape index (κ2) is 7.11. The van der Waals surface area contributed by atoms with Gasteiger partial charge in [0.1, 0.15) is 17.3 Å². The third kappa shape index (κ3) is 3.57. The van der Waals surface area contributed by atoms with Gasteiger partial charge in [0.2, 0.25) is 5.91 Å². The summed E-state index contributed by atoms with van der Waals surface area (Å²) in [6.45, 7) is 0. The average Bonchev–Trinajstić information content (AvgIpc) is 3.48. The molecule has 1 amide bonds. The molecule has 27 heavy (non-hydrogen) atoms. The summed E-state index contributed by atoms with van der Waals surface area (Å²) in [6, 6.07) is 10.5. The Hall–Kier alpha value is -2.74. The summed E-state index contributed by atoms with van der Waals surface area (Å²) in [6.07, 6.45) is 1.78. The number of rotatable bonds is 5. The molecule has 1 heterocycles. The highest BCUT2D eigenvalue weighted by molar-refractivity contribution is 7.99. The van der Waals surface area contributed by atoms with Crippen LogP contribution in [0.5, 0.6) is 0 Å². The van der Waals surface area contributed by atoms with Crippen LogP contribution in [0.3, 0.4) is 0 Å². The number of amides is 1. The Kier molecular flexibility index (Phi) is 4.65. The molecule has 5 nitrogen and oxygen atoms in total. The van der Waals surface area contributed by atoms with Crippen LogP contribution < -0.4 is 10.9 Å². The highest BCUT2D eigenvalue weighted by Crippen LogP contribution is 2.36. The monoisotopic (exact) mass is 387 g/mol. The third-order valence-electron chi connectivity index (χ3n) is 4.25. The second-order valence-electron chi connectivity index (χ2n) is 6.25. The van der Waals surface area contributed by atoms with Crippen LogP contribution in [0.1, 0.15) is 18.9 Å². The predicted octanol–water partition coefficient (Wildman–Crippen LogP) is 3.74. The highest BCUT2D eigenvalue weighted by Gasteiger charge is 2.28. The normalized spacial score (nSPS) is 13.7. The molecule has 3 aromatic rings. The van der Waals surface area contributed by atoms with Gasteiger partial charge in [-0.2, -0.15) is 0 Å². The Morgan fingerprint density at radius 3 is 2.56 bits per heavy atom. The van der Waals surface area contributed by atoms with Crippen LogP contribution in [0, 0.1) is 11.6 Å². The number of fused-ring (bicyclic) bond motifs is 1. The van der Waals surface area contributed by atoms with Gasteiger partial charge < -0.3 is 5.32 Å². The molecule has 1 fully saturated rings. The SMILES string of the molecule is O=C(CSc1nc2ccccc2c(=O)n1C1CC1)Nc1c(F)cccc1F. The number of carbonyl (C=O) groups is 1. The largest absolute Gasteiger partial charge is 0.320 e. The molecule has 0 aliphatic heterocycles. The van der Waals surface area contributed by atoms with Gasteiger partial charge in [-0.25, -0.2) is 13.8 Å². The number of halogens is 2. The van der Waals surface area contributed by atoms with Crippen molar-refractivity contribution in [2.24, 2.45) is 0 Å². The van der Waals surface area contributed by atoms with Crippen LogP contribution in [0.2, 0.25) is 0 Å². The van der Waals surface area contributed by atoms with E-state index in [0.29, 0.717) is 16.1 Å². The lowest BCUT2D eigenvalue weighted by atomic mass is 10.2. The van der Waals surface area contributed by atoms with Crippen molar-refractivity contribution in [2.75, 3.05) is 11.1 Å². The van der Waals surface area contributed by atoms with Gasteiger partial charge in [-0.1, -0.05) is 30.0 Å². The van der Waals surface area contributed by atoms with E-state index in [9.17, 15) is 18.4 Å². The summed E-state index contributed by atoms with van der Waals surface area (Å²) in [4.78, 5) is 29.4. The van der Waals surface area contributed by atoms with Crippen LogP contribution >= 0.6 is 11.8 Å². The molecule has 0 saturated heterocycles. The molecule has 0 spiro atoms. The molecule has 0 bridgehead atoms. The minimum absolute atomic E-state index is 0.0872. The minimum Gasteiger partial charge on any atom is -0.320 e. The van der Waals surface area contributed by atoms with Crippen LogP contribution in [-0.2, 0) is 4.79 Å². The molecule has 2 aromatic carbocycles. The van der Waals surface area contributed by atoms with E-state index < -0.39 is 23.2 Å². The van der Waals surface area contributed by atoms with Crippen molar-refractivity contribution in [3.63, 3.8) is 0 Å². The highest BCUT2D eigenvalue weighted by atomic mass is 32.2. The van der Waals surface area contributed by atoms with E-state index in [2.05, 4.69) is 10.3 Å². The van der Waals surface area contributed by atoms with Crippen molar-refractivity contribution in [1.82, 2.24) is 9.55 Å². The molecule has 0 atom stereocenters. The van der Waals surface area contributed by atoms with Crippen molar-refractivity contribution < 1.29 is 13.6 Å². The smallest absolute Gasteiger partial charge is 0.262 e. The maximum atomic E-state index is 13.7. The number of nitrogens with one attached hydrogen (secondary N) is 1. The lowest BCUT2D eigenvalue weighted by molar-refractivity contribution is -0.113. The number of hydrogen-bond donors (Lipinski definition) is 1. The first kappa shape index (κ1) is 17.7. The molecule has 0 unspecified atom stereocenters. The third-order valence-corrected chi connectivity index (χ3v) is 5.20. The van der Waals surface area contributed by atoms with Crippen molar-refractivity contribution in [2.45, 2.75) is 24.0 Å². The first-order valence-electron chi connectivity index (χ1n) is 8.42. The Morgan fingerprint density at radius 1 is 1.15 bits per heavy atom. The number of thioether (sulfide) groups is 1. The quantitative estimate of drug-likeness (QED) is 0.535. The number of para-hydroxylation sites is 2. The zero-order valence-corrected chi connectivity index (χ0v) is 14.9. The molecule has 0 radical (unpaired) electrons. The fourth-order valence-corrected chi connectivity index (χ4v) is 3.67. The lowest BCUT2D eigenvalue weighted by Gasteiger charge is -2.12. The van der Waals surface area contributed by atoms with Crippen LogP contribution in [0.25, 0.3) is 10.9 Å². The van der Waals surface area contributed by atoms with Gasteiger partial charge >= 0.3 is 0 Å². The number of carbonyl (C=O) groups excluding carboxylic acids is 1. The Morgan fingerprint density at radius 2 is 1.85 bits per heavy atom. The standard InChI is InChI=1S/C19H15F2N3O2S/c20-13-5-3-6-14(21)17(13)23-16(25)10-27-19-22-15-7-2-1-4-12(15)18(26)24(19)11-8-9-11/h1-7,11H,8-10H2,(H,23,25). The van der Waals surface area contributed by atoms with E-state index in [0.717, 1.165) is 36.7 Å². The average molecular weight is 387 g/mol. The molecule has 8 heteroatoms. The van der Waals surface area contributed by atoms with Gasteiger partial charge in [0.15, 0.2) is 5.16 Å².